The highest BCUT2D eigenvalue weighted by molar-refractivity contribution is 5.78. The standard InChI is InChI=1S/C14H19N3O/c1-11-9-18-7-6-17(11)8-12-4-3-5-13-14(12)15-10-16(13)2/h3-5,10-11H,6-9H2,1-2H3/t11-/m1/s1. The maximum atomic E-state index is 5.48. The minimum Gasteiger partial charge on any atom is -0.379 e. The lowest BCUT2D eigenvalue weighted by Gasteiger charge is -2.33. The summed E-state index contributed by atoms with van der Waals surface area (Å²) in [6.07, 6.45) is 1.89. The average molecular weight is 245 g/mol. The Morgan fingerprint density at radius 3 is 3.17 bits per heavy atom. The fraction of sp³-hybridized carbons (Fsp3) is 0.500. The van der Waals surface area contributed by atoms with E-state index < -0.39 is 0 Å². The number of hydrogen-bond donors (Lipinski definition) is 0. The van der Waals surface area contributed by atoms with Gasteiger partial charge in [0.05, 0.1) is 30.6 Å². The number of para-hydroxylation sites is 1. The van der Waals surface area contributed by atoms with Gasteiger partial charge in [-0.15, -0.1) is 0 Å². The summed E-state index contributed by atoms with van der Waals surface area (Å²) in [7, 11) is 2.04. The van der Waals surface area contributed by atoms with E-state index in [0.717, 1.165) is 31.8 Å². The van der Waals surface area contributed by atoms with E-state index in [0.29, 0.717) is 6.04 Å². The van der Waals surface area contributed by atoms with Gasteiger partial charge in [0.25, 0.3) is 0 Å². The smallest absolute Gasteiger partial charge is 0.0955 e. The highest BCUT2D eigenvalue weighted by Gasteiger charge is 2.19. The van der Waals surface area contributed by atoms with Gasteiger partial charge >= 0.3 is 0 Å². The van der Waals surface area contributed by atoms with Gasteiger partial charge in [-0.2, -0.15) is 0 Å². The van der Waals surface area contributed by atoms with E-state index in [2.05, 4.69) is 39.6 Å². The predicted octanol–water partition coefficient (Wildman–Crippen LogP) is 1.79. The van der Waals surface area contributed by atoms with Gasteiger partial charge in [0.15, 0.2) is 0 Å². The maximum Gasteiger partial charge on any atom is 0.0955 e. The molecule has 0 aliphatic carbocycles. The molecular weight excluding hydrogens is 226 g/mol. The van der Waals surface area contributed by atoms with Gasteiger partial charge in [0, 0.05) is 26.2 Å². The summed E-state index contributed by atoms with van der Waals surface area (Å²) in [5.41, 5.74) is 3.63. The third-order valence-corrected chi connectivity index (χ3v) is 3.72. The zero-order valence-corrected chi connectivity index (χ0v) is 11.0. The van der Waals surface area contributed by atoms with Gasteiger partial charge in [-0.05, 0) is 18.6 Å². The summed E-state index contributed by atoms with van der Waals surface area (Å²) in [6, 6.07) is 6.90. The minimum absolute atomic E-state index is 0.484. The van der Waals surface area contributed by atoms with Crippen LogP contribution in [0.2, 0.25) is 0 Å². The molecule has 1 aliphatic heterocycles. The first-order chi connectivity index (χ1) is 8.75. The first kappa shape index (κ1) is 11.7. The molecule has 0 spiro atoms. The Morgan fingerprint density at radius 1 is 1.44 bits per heavy atom. The van der Waals surface area contributed by atoms with Crippen molar-refractivity contribution in [1.29, 1.82) is 0 Å². The summed E-state index contributed by atoms with van der Waals surface area (Å²) < 4.78 is 7.55. The average Bonchev–Trinajstić information content (AvgIpc) is 2.76. The molecule has 1 fully saturated rings. The molecule has 0 radical (unpaired) electrons. The van der Waals surface area contributed by atoms with Crippen molar-refractivity contribution in [3.05, 3.63) is 30.1 Å². The Hall–Kier alpha value is -1.39. The number of morpholine rings is 1. The fourth-order valence-electron chi connectivity index (χ4n) is 2.56. The molecule has 4 heteroatoms. The van der Waals surface area contributed by atoms with E-state index in [1.807, 2.05) is 13.4 Å². The molecule has 1 aromatic carbocycles. The van der Waals surface area contributed by atoms with Crippen LogP contribution in [0.5, 0.6) is 0 Å². The molecule has 2 aromatic rings. The normalized spacial score (nSPS) is 21.6. The van der Waals surface area contributed by atoms with Crippen molar-refractivity contribution in [1.82, 2.24) is 14.5 Å². The highest BCUT2D eigenvalue weighted by Crippen LogP contribution is 2.20. The van der Waals surface area contributed by atoms with Crippen LogP contribution in [0.25, 0.3) is 11.0 Å². The number of aromatic nitrogens is 2. The summed E-state index contributed by atoms with van der Waals surface area (Å²) in [5, 5.41) is 0. The quantitative estimate of drug-likeness (QED) is 0.808. The van der Waals surface area contributed by atoms with Crippen molar-refractivity contribution in [3.63, 3.8) is 0 Å². The van der Waals surface area contributed by atoms with Crippen LogP contribution in [0.4, 0.5) is 0 Å². The molecule has 0 saturated carbocycles. The summed E-state index contributed by atoms with van der Waals surface area (Å²) in [5.74, 6) is 0. The van der Waals surface area contributed by atoms with Crippen LogP contribution in [0.3, 0.4) is 0 Å². The van der Waals surface area contributed by atoms with Crippen molar-refractivity contribution < 1.29 is 4.74 Å². The molecule has 1 atom stereocenters. The molecule has 1 saturated heterocycles. The van der Waals surface area contributed by atoms with Gasteiger partial charge in [0.2, 0.25) is 0 Å². The molecule has 0 bridgehead atoms. The number of imidazole rings is 1. The number of ether oxygens (including phenoxy) is 1. The Kier molecular flexibility index (Phi) is 3.06. The minimum atomic E-state index is 0.484. The third kappa shape index (κ3) is 2.02. The van der Waals surface area contributed by atoms with E-state index in [1.54, 1.807) is 0 Å². The molecule has 1 aliphatic rings. The van der Waals surface area contributed by atoms with Crippen molar-refractivity contribution in [2.75, 3.05) is 19.8 Å². The first-order valence-corrected chi connectivity index (χ1v) is 6.46. The van der Waals surface area contributed by atoms with E-state index in [1.165, 1.54) is 11.1 Å². The third-order valence-electron chi connectivity index (χ3n) is 3.72. The van der Waals surface area contributed by atoms with E-state index in [4.69, 9.17) is 4.74 Å². The van der Waals surface area contributed by atoms with Crippen LogP contribution in [0, 0.1) is 0 Å². The molecule has 0 unspecified atom stereocenters. The van der Waals surface area contributed by atoms with Crippen LogP contribution in [0.1, 0.15) is 12.5 Å². The Morgan fingerprint density at radius 2 is 2.33 bits per heavy atom. The number of nitrogens with zero attached hydrogens (tertiary/aromatic N) is 3. The summed E-state index contributed by atoms with van der Waals surface area (Å²) in [6.45, 7) is 5.85. The van der Waals surface area contributed by atoms with Gasteiger partial charge in [-0.3, -0.25) is 4.90 Å². The van der Waals surface area contributed by atoms with Crippen molar-refractivity contribution >= 4 is 11.0 Å². The van der Waals surface area contributed by atoms with Gasteiger partial charge < -0.3 is 9.30 Å². The van der Waals surface area contributed by atoms with Crippen LogP contribution in [-0.4, -0.2) is 40.3 Å². The zero-order chi connectivity index (χ0) is 12.5. The second kappa shape index (κ2) is 4.71. The van der Waals surface area contributed by atoms with Crippen LogP contribution >= 0.6 is 0 Å². The molecule has 3 rings (SSSR count). The van der Waals surface area contributed by atoms with Gasteiger partial charge in [-0.1, -0.05) is 12.1 Å². The lowest BCUT2D eigenvalue weighted by Crippen LogP contribution is -2.42. The van der Waals surface area contributed by atoms with E-state index in [9.17, 15) is 0 Å². The topological polar surface area (TPSA) is 30.3 Å². The van der Waals surface area contributed by atoms with Crippen LogP contribution < -0.4 is 0 Å². The second-order valence-corrected chi connectivity index (χ2v) is 5.03. The van der Waals surface area contributed by atoms with Gasteiger partial charge in [0.1, 0.15) is 0 Å². The zero-order valence-electron chi connectivity index (χ0n) is 11.0. The molecule has 0 N–H and O–H groups in total. The summed E-state index contributed by atoms with van der Waals surface area (Å²) >= 11 is 0. The Bertz CT molecular complexity index is 549. The lowest BCUT2D eigenvalue weighted by molar-refractivity contribution is -0.00420. The number of rotatable bonds is 2. The number of fused-ring (bicyclic) bond motifs is 1. The van der Waals surface area contributed by atoms with Crippen LogP contribution in [-0.2, 0) is 18.3 Å². The molecule has 1 aromatic heterocycles. The molecule has 4 nitrogen and oxygen atoms in total. The van der Waals surface area contributed by atoms with Crippen molar-refractivity contribution in [2.24, 2.45) is 7.05 Å². The van der Waals surface area contributed by atoms with E-state index >= 15 is 0 Å². The van der Waals surface area contributed by atoms with Crippen molar-refractivity contribution in [2.45, 2.75) is 19.5 Å². The molecule has 18 heavy (non-hydrogen) atoms. The van der Waals surface area contributed by atoms with E-state index in [-0.39, 0.29) is 0 Å². The molecule has 2 heterocycles. The first-order valence-electron chi connectivity index (χ1n) is 6.46. The lowest BCUT2D eigenvalue weighted by atomic mass is 10.1. The molecule has 96 valence electrons. The summed E-state index contributed by atoms with van der Waals surface area (Å²) in [4.78, 5) is 6.98. The SMILES string of the molecule is C[C@@H]1COCCN1Cc1cccc2c1ncn2C. The van der Waals surface area contributed by atoms with Crippen LogP contribution in [0.15, 0.2) is 24.5 Å². The number of benzene rings is 1. The molecule has 0 amide bonds. The van der Waals surface area contributed by atoms with Crippen molar-refractivity contribution in [3.8, 4) is 0 Å². The van der Waals surface area contributed by atoms with Gasteiger partial charge in [-0.25, -0.2) is 4.98 Å². The monoisotopic (exact) mass is 245 g/mol. The largest absolute Gasteiger partial charge is 0.379 e. The molecular formula is C14H19N3O. The Balaban J connectivity index is 1.90. The maximum absolute atomic E-state index is 5.48. The number of aryl methyl sites for hydroxylation is 1. The number of hydrogen-bond acceptors (Lipinski definition) is 3. The second-order valence-electron chi connectivity index (χ2n) is 5.03. The predicted molar refractivity (Wildman–Crippen MR) is 71.4 cm³/mol. The Labute approximate surface area is 107 Å². The fourth-order valence-corrected chi connectivity index (χ4v) is 2.56. The highest BCUT2D eigenvalue weighted by atomic mass is 16.5.